The molecule has 0 radical (unpaired) electrons. The van der Waals surface area contributed by atoms with E-state index in [9.17, 15) is 19.3 Å². The number of nitro groups is 1. The molecule has 6 nitrogen and oxygen atoms in total. The van der Waals surface area contributed by atoms with Crippen molar-refractivity contribution in [3.63, 3.8) is 0 Å². The first-order valence-corrected chi connectivity index (χ1v) is 6.27. The van der Waals surface area contributed by atoms with Crippen LogP contribution in [-0.4, -0.2) is 22.9 Å². The Morgan fingerprint density at radius 3 is 2.55 bits per heavy atom. The molecule has 0 aliphatic rings. The Kier molecular flexibility index (Phi) is 5.57. The van der Waals surface area contributed by atoms with Crippen molar-refractivity contribution in [2.45, 2.75) is 39.4 Å². The molecule has 0 fully saturated rings. The summed E-state index contributed by atoms with van der Waals surface area (Å²) >= 11 is 0. The lowest BCUT2D eigenvalue weighted by Gasteiger charge is -2.16. The summed E-state index contributed by atoms with van der Waals surface area (Å²) in [5, 5.41) is 16.3. The fourth-order valence-corrected chi connectivity index (χ4v) is 1.61. The molecule has 110 valence electrons. The third-order valence-corrected chi connectivity index (χ3v) is 2.59. The van der Waals surface area contributed by atoms with E-state index in [0.29, 0.717) is 5.56 Å². The van der Waals surface area contributed by atoms with E-state index in [4.69, 9.17) is 0 Å². The highest BCUT2D eigenvalue weighted by Gasteiger charge is 2.14. The zero-order valence-electron chi connectivity index (χ0n) is 11.6. The first-order valence-electron chi connectivity index (χ1n) is 6.27. The number of hydrogen-bond acceptors (Lipinski definition) is 4. The van der Waals surface area contributed by atoms with Crippen LogP contribution in [0.1, 0.15) is 26.3 Å². The van der Waals surface area contributed by atoms with E-state index >= 15 is 0 Å². The quantitative estimate of drug-likeness (QED) is 0.615. The number of nitro benzene ring substituents is 1. The van der Waals surface area contributed by atoms with Crippen molar-refractivity contribution in [1.29, 1.82) is 0 Å². The topological polar surface area (TPSA) is 84.3 Å². The van der Waals surface area contributed by atoms with E-state index in [2.05, 4.69) is 10.6 Å². The van der Waals surface area contributed by atoms with Gasteiger partial charge in [-0.05, 0) is 32.4 Å². The Balaban J connectivity index is 2.65. The number of carbonyl (C=O) groups excluding carboxylic acids is 1. The molecule has 0 saturated heterocycles. The Morgan fingerprint density at radius 2 is 2.00 bits per heavy atom. The number of nitrogens with zero attached hydrogens (tertiary/aromatic N) is 1. The molecular weight excluding hydrogens is 265 g/mol. The first kappa shape index (κ1) is 16.0. The van der Waals surface area contributed by atoms with Crippen molar-refractivity contribution in [3.8, 4) is 0 Å². The smallest absolute Gasteiger partial charge is 0.272 e. The molecule has 1 atom stereocenters. The maximum atomic E-state index is 13.2. The first-order chi connectivity index (χ1) is 9.29. The summed E-state index contributed by atoms with van der Waals surface area (Å²) in [4.78, 5) is 21.6. The number of carbonyl (C=O) groups is 1. The van der Waals surface area contributed by atoms with Crippen LogP contribution in [0.25, 0.3) is 0 Å². The molecule has 1 aromatic rings. The normalized spacial score (nSPS) is 12.2. The van der Waals surface area contributed by atoms with Gasteiger partial charge in [-0.15, -0.1) is 0 Å². The molecule has 1 rings (SSSR count). The number of amides is 1. The van der Waals surface area contributed by atoms with Gasteiger partial charge in [0.1, 0.15) is 5.82 Å². The van der Waals surface area contributed by atoms with Crippen LogP contribution in [0.4, 0.5) is 10.1 Å². The van der Waals surface area contributed by atoms with Gasteiger partial charge in [0.2, 0.25) is 5.91 Å². The van der Waals surface area contributed by atoms with Gasteiger partial charge in [-0.1, -0.05) is 0 Å². The Morgan fingerprint density at radius 1 is 1.35 bits per heavy atom. The van der Waals surface area contributed by atoms with Crippen molar-refractivity contribution in [1.82, 2.24) is 10.6 Å². The van der Waals surface area contributed by atoms with Crippen LogP contribution in [0.5, 0.6) is 0 Å². The monoisotopic (exact) mass is 283 g/mol. The fourth-order valence-electron chi connectivity index (χ4n) is 1.61. The Labute approximate surface area is 116 Å². The lowest BCUT2D eigenvalue weighted by Crippen LogP contribution is -2.44. The third kappa shape index (κ3) is 4.93. The second-order valence-corrected chi connectivity index (χ2v) is 4.84. The molecule has 0 aliphatic heterocycles. The largest absolute Gasteiger partial charge is 0.353 e. The van der Waals surface area contributed by atoms with Gasteiger partial charge >= 0.3 is 0 Å². The predicted octanol–water partition coefficient (Wildman–Crippen LogP) is 1.74. The van der Waals surface area contributed by atoms with Gasteiger partial charge in [0, 0.05) is 18.7 Å². The number of nitrogens with one attached hydrogen (secondary N) is 2. The summed E-state index contributed by atoms with van der Waals surface area (Å²) in [7, 11) is 0. The van der Waals surface area contributed by atoms with E-state index in [1.807, 2.05) is 13.8 Å². The molecule has 0 aliphatic carbocycles. The van der Waals surface area contributed by atoms with E-state index in [-0.39, 0.29) is 24.2 Å². The van der Waals surface area contributed by atoms with Gasteiger partial charge in [-0.2, -0.15) is 0 Å². The van der Waals surface area contributed by atoms with Crippen molar-refractivity contribution in [2.75, 3.05) is 0 Å². The zero-order valence-corrected chi connectivity index (χ0v) is 11.6. The van der Waals surface area contributed by atoms with E-state index in [1.54, 1.807) is 6.92 Å². The van der Waals surface area contributed by atoms with Gasteiger partial charge in [0.15, 0.2) is 0 Å². The molecule has 2 N–H and O–H groups in total. The van der Waals surface area contributed by atoms with Crippen LogP contribution in [0, 0.1) is 15.9 Å². The average Bonchev–Trinajstić information content (AvgIpc) is 2.34. The highest BCUT2D eigenvalue weighted by Crippen LogP contribution is 2.16. The van der Waals surface area contributed by atoms with Crippen LogP contribution in [0.15, 0.2) is 18.2 Å². The van der Waals surface area contributed by atoms with Crippen LogP contribution in [0.3, 0.4) is 0 Å². The molecule has 1 amide bonds. The van der Waals surface area contributed by atoms with Crippen molar-refractivity contribution < 1.29 is 14.1 Å². The minimum atomic E-state index is -0.671. The third-order valence-electron chi connectivity index (χ3n) is 2.59. The van der Waals surface area contributed by atoms with Gasteiger partial charge in [-0.25, -0.2) is 4.39 Å². The SMILES string of the molecule is CC(C)NC(=O)C(C)NCc1cc(F)cc([N+](=O)[O-])c1. The lowest BCUT2D eigenvalue weighted by molar-refractivity contribution is -0.385. The summed E-state index contributed by atoms with van der Waals surface area (Å²) < 4.78 is 13.2. The predicted molar refractivity (Wildman–Crippen MR) is 72.6 cm³/mol. The highest BCUT2D eigenvalue weighted by atomic mass is 19.1. The van der Waals surface area contributed by atoms with Gasteiger partial charge in [0.25, 0.3) is 5.69 Å². The summed E-state index contributed by atoms with van der Waals surface area (Å²) in [6, 6.07) is 2.90. The number of halogens is 1. The van der Waals surface area contributed by atoms with Crippen LogP contribution >= 0.6 is 0 Å². The lowest BCUT2D eigenvalue weighted by atomic mass is 10.2. The van der Waals surface area contributed by atoms with Crippen LogP contribution < -0.4 is 10.6 Å². The van der Waals surface area contributed by atoms with Crippen molar-refractivity contribution in [2.24, 2.45) is 0 Å². The van der Waals surface area contributed by atoms with Crippen molar-refractivity contribution in [3.05, 3.63) is 39.7 Å². The molecule has 7 heteroatoms. The van der Waals surface area contributed by atoms with Gasteiger partial charge < -0.3 is 10.6 Å². The fraction of sp³-hybridized carbons (Fsp3) is 0.462. The van der Waals surface area contributed by atoms with E-state index < -0.39 is 16.8 Å². The molecule has 1 aromatic carbocycles. The molecule has 0 saturated carbocycles. The maximum Gasteiger partial charge on any atom is 0.272 e. The molecular formula is C13H18FN3O3. The molecule has 20 heavy (non-hydrogen) atoms. The standard InChI is InChI=1S/C13H18FN3O3/c1-8(2)16-13(18)9(3)15-7-10-4-11(14)6-12(5-10)17(19)20/h4-6,8-9,15H,7H2,1-3H3,(H,16,18). The molecule has 1 unspecified atom stereocenters. The molecule has 0 heterocycles. The van der Waals surface area contributed by atoms with E-state index in [1.165, 1.54) is 12.1 Å². The summed E-state index contributed by atoms with van der Waals surface area (Å²) in [6.45, 7) is 5.54. The minimum absolute atomic E-state index is 0.0296. The average molecular weight is 283 g/mol. The molecule has 0 spiro atoms. The minimum Gasteiger partial charge on any atom is -0.353 e. The number of non-ortho nitro benzene ring substituents is 1. The number of rotatable bonds is 6. The number of hydrogen-bond donors (Lipinski definition) is 2. The maximum absolute atomic E-state index is 13.2. The highest BCUT2D eigenvalue weighted by molar-refractivity contribution is 5.81. The second kappa shape index (κ2) is 6.95. The summed E-state index contributed by atoms with van der Waals surface area (Å²) in [5.74, 6) is -0.846. The molecule has 0 bridgehead atoms. The van der Waals surface area contributed by atoms with Crippen LogP contribution in [0.2, 0.25) is 0 Å². The number of benzene rings is 1. The van der Waals surface area contributed by atoms with E-state index in [0.717, 1.165) is 6.07 Å². The summed E-state index contributed by atoms with van der Waals surface area (Å²) in [5.41, 5.74) is 0.113. The van der Waals surface area contributed by atoms with Crippen LogP contribution in [-0.2, 0) is 11.3 Å². The summed E-state index contributed by atoms with van der Waals surface area (Å²) in [6.07, 6.45) is 0. The van der Waals surface area contributed by atoms with Crippen molar-refractivity contribution >= 4 is 11.6 Å². The Hall–Kier alpha value is -2.02. The zero-order chi connectivity index (χ0) is 15.3. The molecule has 0 aromatic heterocycles. The Bertz CT molecular complexity index is 506. The second-order valence-electron chi connectivity index (χ2n) is 4.84. The van der Waals surface area contributed by atoms with Gasteiger partial charge in [-0.3, -0.25) is 14.9 Å². The van der Waals surface area contributed by atoms with Gasteiger partial charge in [0.05, 0.1) is 17.0 Å².